The molecule has 0 atom stereocenters. The van der Waals surface area contributed by atoms with Crippen molar-refractivity contribution in [2.75, 3.05) is 25.0 Å². The summed E-state index contributed by atoms with van der Waals surface area (Å²) in [6, 6.07) is 4.99. The van der Waals surface area contributed by atoms with E-state index < -0.39 is 0 Å². The molecule has 0 spiro atoms. The summed E-state index contributed by atoms with van der Waals surface area (Å²) < 4.78 is 10.6. The molecule has 88 valence electrons. The Labute approximate surface area is 104 Å². The number of aldehydes is 1. The van der Waals surface area contributed by atoms with Crippen molar-refractivity contribution in [1.82, 2.24) is 0 Å². The first-order chi connectivity index (χ1) is 7.81. The SMILES string of the molecule is O=Cc1ccc(OCCCl)cc1OCCCl. The van der Waals surface area contributed by atoms with Crippen molar-refractivity contribution in [3.05, 3.63) is 23.8 Å². The van der Waals surface area contributed by atoms with Crippen LogP contribution in [0.4, 0.5) is 0 Å². The summed E-state index contributed by atoms with van der Waals surface area (Å²) in [5, 5.41) is 0. The summed E-state index contributed by atoms with van der Waals surface area (Å²) in [6.45, 7) is 0.762. The van der Waals surface area contributed by atoms with E-state index in [1.54, 1.807) is 18.2 Å². The maximum atomic E-state index is 10.7. The number of carbonyl (C=O) groups excluding carboxylic acids is 1. The molecule has 0 radical (unpaired) electrons. The Morgan fingerprint density at radius 2 is 1.81 bits per heavy atom. The average Bonchev–Trinajstić information content (AvgIpc) is 2.33. The van der Waals surface area contributed by atoms with Crippen LogP contribution in [-0.4, -0.2) is 31.3 Å². The number of hydrogen-bond donors (Lipinski definition) is 0. The lowest BCUT2D eigenvalue weighted by Crippen LogP contribution is -2.03. The maximum Gasteiger partial charge on any atom is 0.153 e. The molecule has 16 heavy (non-hydrogen) atoms. The standard InChI is InChI=1S/C11H12Cl2O3/c12-3-5-15-10-2-1-9(8-14)11(7-10)16-6-4-13/h1-2,7-8H,3-6H2. The largest absolute Gasteiger partial charge is 0.492 e. The van der Waals surface area contributed by atoms with Gasteiger partial charge in [0.05, 0.1) is 17.3 Å². The number of hydrogen-bond acceptors (Lipinski definition) is 3. The second kappa shape index (κ2) is 7.36. The molecule has 0 aliphatic carbocycles. The van der Waals surface area contributed by atoms with Gasteiger partial charge in [-0.3, -0.25) is 4.79 Å². The molecule has 1 aromatic carbocycles. The summed E-state index contributed by atoms with van der Waals surface area (Å²) in [5.41, 5.74) is 0.475. The van der Waals surface area contributed by atoms with E-state index in [0.717, 1.165) is 6.29 Å². The monoisotopic (exact) mass is 262 g/mol. The number of rotatable bonds is 7. The number of carbonyl (C=O) groups is 1. The zero-order valence-electron chi connectivity index (χ0n) is 8.62. The molecule has 3 nitrogen and oxygen atoms in total. The van der Waals surface area contributed by atoms with E-state index in [0.29, 0.717) is 42.0 Å². The minimum absolute atomic E-state index is 0.349. The lowest BCUT2D eigenvalue weighted by molar-refractivity contribution is 0.112. The molecule has 0 amide bonds. The molecule has 0 bridgehead atoms. The molecule has 5 heteroatoms. The van der Waals surface area contributed by atoms with Gasteiger partial charge >= 0.3 is 0 Å². The molecule has 1 aromatic rings. The van der Waals surface area contributed by atoms with E-state index in [9.17, 15) is 4.79 Å². The van der Waals surface area contributed by atoms with Crippen LogP contribution in [0.2, 0.25) is 0 Å². The van der Waals surface area contributed by atoms with Crippen LogP contribution >= 0.6 is 23.2 Å². The van der Waals surface area contributed by atoms with Crippen LogP contribution in [0.15, 0.2) is 18.2 Å². The van der Waals surface area contributed by atoms with Gasteiger partial charge in [0.2, 0.25) is 0 Å². The first kappa shape index (κ1) is 13.1. The van der Waals surface area contributed by atoms with Crippen molar-refractivity contribution >= 4 is 29.5 Å². The molecule has 0 heterocycles. The highest BCUT2D eigenvalue weighted by Crippen LogP contribution is 2.23. The van der Waals surface area contributed by atoms with E-state index >= 15 is 0 Å². The summed E-state index contributed by atoms with van der Waals surface area (Å²) in [4.78, 5) is 10.7. The topological polar surface area (TPSA) is 35.5 Å². The molecule has 0 saturated carbocycles. The van der Waals surface area contributed by atoms with E-state index in [1.807, 2.05) is 0 Å². The van der Waals surface area contributed by atoms with Crippen molar-refractivity contribution in [3.8, 4) is 11.5 Å². The summed E-state index contributed by atoms with van der Waals surface area (Å²) in [7, 11) is 0. The van der Waals surface area contributed by atoms with Gasteiger partial charge in [-0.15, -0.1) is 23.2 Å². The Morgan fingerprint density at radius 3 is 2.44 bits per heavy atom. The smallest absolute Gasteiger partial charge is 0.153 e. The molecule has 0 aromatic heterocycles. The molecule has 1 rings (SSSR count). The van der Waals surface area contributed by atoms with Gasteiger partial charge in [0.15, 0.2) is 6.29 Å². The fourth-order valence-electron chi connectivity index (χ4n) is 1.13. The second-order valence-corrected chi connectivity index (χ2v) is 3.65. The Bertz CT molecular complexity index is 342. The van der Waals surface area contributed by atoms with Crippen LogP contribution in [0, 0.1) is 0 Å². The Balaban J connectivity index is 2.78. The van der Waals surface area contributed by atoms with Crippen LogP contribution in [0.25, 0.3) is 0 Å². The van der Waals surface area contributed by atoms with Gasteiger partial charge in [-0.25, -0.2) is 0 Å². The first-order valence-electron chi connectivity index (χ1n) is 4.78. The van der Waals surface area contributed by atoms with Crippen LogP contribution in [0.3, 0.4) is 0 Å². The number of benzene rings is 1. The highest BCUT2D eigenvalue weighted by atomic mass is 35.5. The lowest BCUT2D eigenvalue weighted by atomic mass is 10.2. The van der Waals surface area contributed by atoms with Gasteiger partial charge in [-0.2, -0.15) is 0 Å². The third-order valence-electron chi connectivity index (χ3n) is 1.79. The van der Waals surface area contributed by atoms with Crippen molar-refractivity contribution in [2.45, 2.75) is 0 Å². The number of alkyl halides is 2. The van der Waals surface area contributed by atoms with Crippen molar-refractivity contribution in [2.24, 2.45) is 0 Å². The van der Waals surface area contributed by atoms with Crippen LogP contribution in [-0.2, 0) is 0 Å². The van der Waals surface area contributed by atoms with Crippen molar-refractivity contribution < 1.29 is 14.3 Å². The predicted molar refractivity (Wildman–Crippen MR) is 64.3 cm³/mol. The van der Waals surface area contributed by atoms with Crippen molar-refractivity contribution in [1.29, 1.82) is 0 Å². The van der Waals surface area contributed by atoms with E-state index in [4.69, 9.17) is 32.7 Å². The van der Waals surface area contributed by atoms with Crippen LogP contribution in [0.1, 0.15) is 10.4 Å². The molecule has 0 N–H and O–H groups in total. The summed E-state index contributed by atoms with van der Waals surface area (Å²) in [6.07, 6.45) is 0.731. The van der Waals surface area contributed by atoms with Gasteiger partial charge in [-0.05, 0) is 12.1 Å². The normalized spacial score (nSPS) is 9.88. The lowest BCUT2D eigenvalue weighted by Gasteiger charge is -2.09. The Morgan fingerprint density at radius 1 is 1.12 bits per heavy atom. The number of ether oxygens (including phenoxy) is 2. The highest BCUT2D eigenvalue weighted by molar-refractivity contribution is 6.18. The molecule has 0 aliphatic heterocycles. The molecular weight excluding hydrogens is 251 g/mol. The number of halogens is 2. The third kappa shape index (κ3) is 3.91. The fraction of sp³-hybridized carbons (Fsp3) is 0.364. The third-order valence-corrected chi connectivity index (χ3v) is 2.10. The first-order valence-corrected chi connectivity index (χ1v) is 5.85. The second-order valence-electron chi connectivity index (χ2n) is 2.89. The minimum atomic E-state index is 0.349. The van der Waals surface area contributed by atoms with Gasteiger partial charge < -0.3 is 9.47 Å². The molecule has 0 aliphatic rings. The molecule has 0 unspecified atom stereocenters. The molecule has 0 saturated heterocycles. The summed E-state index contributed by atoms with van der Waals surface area (Å²) >= 11 is 11.0. The quantitative estimate of drug-likeness (QED) is 0.560. The molecule has 0 fully saturated rings. The van der Waals surface area contributed by atoms with Gasteiger partial charge in [-0.1, -0.05) is 0 Å². The van der Waals surface area contributed by atoms with Gasteiger partial charge in [0.25, 0.3) is 0 Å². The predicted octanol–water partition coefficient (Wildman–Crippen LogP) is 2.73. The van der Waals surface area contributed by atoms with Gasteiger partial charge in [0.1, 0.15) is 24.7 Å². The van der Waals surface area contributed by atoms with Gasteiger partial charge in [0, 0.05) is 6.07 Å². The Kier molecular flexibility index (Phi) is 6.04. The zero-order chi connectivity index (χ0) is 11.8. The van der Waals surface area contributed by atoms with Crippen LogP contribution in [0.5, 0.6) is 11.5 Å². The van der Waals surface area contributed by atoms with E-state index in [1.165, 1.54) is 0 Å². The molecular formula is C11H12Cl2O3. The van der Waals surface area contributed by atoms with E-state index in [2.05, 4.69) is 0 Å². The Hall–Kier alpha value is -0.930. The fourth-order valence-corrected chi connectivity index (χ4v) is 1.29. The van der Waals surface area contributed by atoms with Crippen molar-refractivity contribution in [3.63, 3.8) is 0 Å². The summed E-state index contributed by atoms with van der Waals surface area (Å²) in [5.74, 6) is 1.87. The highest BCUT2D eigenvalue weighted by Gasteiger charge is 2.05. The average molecular weight is 263 g/mol. The minimum Gasteiger partial charge on any atom is -0.492 e. The van der Waals surface area contributed by atoms with Crippen LogP contribution < -0.4 is 9.47 Å². The zero-order valence-corrected chi connectivity index (χ0v) is 10.1. The van der Waals surface area contributed by atoms with E-state index in [-0.39, 0.29) is 0 Å². The maximum absolute atomic E-state index is 10.7.